The number of ether oxygens (including phenoxy) is 2. The number of carbonyl (C=O) groups is 1. The molecule has 1 fully saturated rings. The van der Waals surface area contributed by atoms with Gasteiger partial charge in [0.15, 0.2) is 0 Å². The summed E-state index contributed by atoms with van der Waals surface area (Å²) in [6.45, 7) is 8.56. The molecule has 1 aliphatic carbocycles. The summed E-state index contributed by atoms with van der Waals surface area (Å²) in [7, 11) is 3.63. The Hall–Kier alpha value is -2.54. The molecular formula is C34H47ClN2O4. The van der Waals surface area contributed by atoms with Gasteiger partial charge in [-0.2, -0.15) is 0 Å². The van der Waals surface area contributed by atoms with Crippen molar-refractivity contribution in [1.82, 2.24) is 4.90 Å². The summed E-state index contributed by atoms with van der Waals surface area (Å²) in [5.41, 5.74) is 4.57. The Balaban J connectivity index is 1.56. The van der Waals surface area contributed by atoms with Crippen LogP contribution in [-0.2, 0) is 16.0 Å². The molecule has 2 aromatic rings. The number of likely N-dealkylation sites (N-methyl/N-ethyl adjacent to an activating group) is 1. The summed E-state index contributed by atoms with van der Waals surface area (Å²) in [6, 6.07) is 12.4. The summed E-state index contributed by atoms with van der Waals surface area (Å²) < 4.78 is 12.5. The van der Waals surface area contributed by atoms with E-state index in [4.69, 9.17) is 21.1 Å². The van der Waals surface area contributed by atoms with Crippen LogP contribution in [0.15, 0.2) is 48.6 Å². The molecule has 0 bridgehead atoms. The zero-order valence-electron chi connectivity index (χ0n) is 25.3. The van der Waals surface area contributed by atoms with Crippen LogP contribution >= 0.6 is 11.6 Å². The molecule has 1 aliphatic heterocycles. The molecule has 2 aliphatic rings. The summed E-state index contributed by atoms with van der Waals surface area (Å²) >= 11 is 6.40. The van der Waals surface area contributed by atoms with Gasteiger partial charge in [-0.25, -0.2) is 0 Å². The maximum atomic E-state index is 11.5. The van der Waals surface area contributed by atoms with E-state index in [1.54, 1.807) is 11.8 Å². The lowest BCUT2D eigenvalue weighted by atomic mass is 9.69. The second-order valence-corrected chi connectivity index (χ2v) is 12.2. The molecule has 7 heteroatoms. The largest absolute Gasteiger partial charge is 0.491 e. The van der Waals surface area contributed by atoms with E-state index in [0.717, 1.165) is 67.2 Å². The van der Waals surface area contributed by atoms with Crippen molar-refractivity contribution >= 4 is 23.2 Å². The van der Waals surface area contributed by atoms with E-state index in [9.17, 15) is 9.90 Å². The van der Waals surface area contributed by atoms with Gasteiger partial charge in [-0.3, -0.25) is 4.79 Å². The van der Waals surface area contributed by atoms with E-state index < -0.39 is 6.10 Å². The number of amides is 1. The zero-order chi connectivity index (χ0) is 29.5. The fourth-order valence-electron chi connectivity index (χ4n) is 6.22. The monoisotopic (exact) mass is 582 g/mol. The Morgan fingerprint density at radius 3 is 2.71 bits per heavy atom. The number of methoxy groups -OCH3 is 1. The summed E-state index contributed by atoms with van der Waals surface area (Å²) in [5, 5.41) is 11.1. The van der Waals surface area contributed by atoms with Crippen LogP contribution in [0.3, 0.4) is 0 Å². The average Bonchev–Trinajstić information content (AvgIpc) is 3.11. The summed E-state index contributed by atoms with van der Waals surface area (Å²) in [5.74, 6) is 2.10. The molecule has 5 atom stereocenters. The number of halogens is 1. The Bertz CT molecular complexity index is 1200. The van der Waals surface area contributed by atoms with E-state index in [1.807, 2.05) is 39.3 Å². The minimum Gasteiger partial charge on any atom is -0.491 e. The van der Waals surface area contributed by atoms with Crippen molar-refractivity contribution in [3.05, 3.63) is 70.3 Å². The highest BCUT2D eigenvalue weighted by Crippen LogP contribution is 2.43. The number of nitrogens with zero attached hydrogens (tertiary/aromatic N) is 2. The lowest BCUT2D eigenvalue weighted by Gasteiger charge is -2.44. The van der Waals surface area contributed by atoms with Gasteiger partial charge < -0.3 is 24.4 Å². The standard InChI is InChI=1S/C34H47ClN2O4/c1-6-9-26-18-29(35)13-15-30(26)28-21-37(32-19-25(23(2)38)12-16-34(32)41-22-28)20-27-11-14-31(27)33(40-5)10-7-8-17-36(4)24(3)39/h7-8,12-13,15-16,18-19,23,27-28,31,33,38H,6,9-11,14,17,20-22H2,1-5H3/b8-7-. The number of benzene rings is 2. The van der Waals surface area contributed by atoms with E-state index >= 15 is 0 Å². The van der Waals surface area contributed by atoms with Crippen LogP contribution in [0, 0.1) is 11.8 Å². The van der Waals surface area contributed by atoms with Crippen LogP contribution in [0.1, 0.15) is 75.2 Å². The van der Waals surface area contributed by atoms with Crippen molar-refractivity contribution in [2.24, 2.45) is 11.8 Å². The number of fused-ring (bicyclic) bond motifs is 1. The molecular weight excluding hydrogens is 536 g/mol. The number of aryl methyl sites for hydroxylation is 1. The van der Waals surface area contributed by atoms with Crippen LogP contribution in [0.5, 0.6) is 5.75 Å². The molecule has 0 aromatic heterocycles. The van der Waals surface area contributed by atoms with Crippen molar-refractivity contribution in [2.45, 2.75) is 71.0 Å². The third kappa shape index (κ3) is 7.85. The van der Waals surface area contributed by atoms with E-state index in [0.29, 0.717) is 25.0 Å². The van der Waals surface area contributed by atoms with Crippen LogP contribution in [-0.4, -0.2) is 62.4 Å². The van der Waals surface area contributed by atoms with Crippen molar-refractivity contribution in [3.8, 4) is 5.75 Å². The highest BCUT2D eigenvalue weighted by atomic mass is 35.5. The highest BCUT2D eigenvalue weighted by molar-refractivity contribution is 6.30. The fourth-order valence-corrected chi connectivity index (χ4v) is 6.42. The third-order valence-corrected chi connectivity index (χ3v) is 9.15. The summed E-state index contributed by atoms with van der Waals surface area (Å²) in [6.07, 6.45) is 9.01. The number of hydrogen-bond acceptors (Lipinski definition) is 5. The first-order valence-electron chi connectivity index (χ1n) is 15.1. The van der Waals surface area contributed by atoms with Crippen molar-refractivity contribution in [1.29, 1.82) is 0 Å². The molecule has 4 rings (SSSR count). The maximum absolute atomic E-state index is 11.5. The molecule has 6 nitrogen and oxygen atoms in total. The van der Waals surface area contributed by atoms with Gasteiger partial charge in [0, 0.05) is 51.7 Å². The number of rotatable bonds is 12. The van der Waals surface area contributed by atoms with E-state index in [-0.39, 0.29) is 17.9 Å². The van der Waals surface area contributed by atoms with Crippen LogP contribution in [0.25, 0.3) is 0 Å². The SMILES string of the molecule is CCCc1cc(Cl)ccc1C1COc2ccc(C(C)O)cc2N(CC2CCC2C(C/C=C\CN(C)C(C)=O)OC)C1. The van der Waals surface area contributed by atoms with Gasteiger partial charge in [-0.15, -0.1) is 0 Å². The predicted octanol–water partition coefficient (Wildman–Crippen LogP) is 6.79. The van der Waals surface area contributed by atoms with Crippen molar-refractivity contribution in [3.63, 3.8) is 0 Å². The maximum Gasteiger partial charge on any atom is 0.219 e. The number of aliphatic hydroxyl groups is 1. The summed E-state index contributed by atoms with van der Waals surface area (Å²) in [4.78, 5) is 15.7. The molecule has 1 saturated carbocycles. The second kappa shape index (κ2) is 14.6. The minimum atomic E-state index is -0.545. The van der Waals surface area contributed by atoms with Crippen LogP contribution < -0.4 is 9.64 Å². The Kier molecular flexibility index (Phi) is 11.2. The first-order valence-corrected chi connectivity index (χ1v) is 15.5. The lowest BCUT2D eigenvalue weighted by Crippen LogP contribution is -2.44. The molecule has 1 amide bonds. The minimum absolute atomic E-state index is 0.0659. The van der Waals surface area contributed by atoms with Gasteiger partial charge in [0.1, 0.15) is 5.75 Å². The van der Waals surface area contributed by atoms with Gasteiger partial charge in [0.05, 0.1) is 24.5 Å². The number of anilines is 1. The van der Waals surface area contributed by atoms with Crippen molar-refractivity contribution in [2.75, 3.05) is 45.3 Å². The predicted molar refractivity (Wildman–Crippen MR) is 167 cm³/mol. The number of carbonyl (C=O) groups excluding carboxylic acids is 1. The van der Waals surface area contributed by atoms with Gasteiger partial charge in [-0.1, -0.05) is 49.2 Å². The second-order valence-electron chi connectivity index (χ2n) is 11.8. The van der Waals surface area contributed by atoms with Crippen LogP contribution in [0.2, 0.25) is 5.02 Å². The molecule has 0 radical (unpaired) electrons. The lowest BCUT2D eigenvalue weighted by molar-refractivity contribution is -0.127. The topological polar surface area (TPSA) is 62.2 Å². The van der Waals surface area contributed by atoms with Crippen molar-refractivity contribution < 1.29 is 19.4 Å². The van der Waals surface area contributed by atoms with Gasteiger partial charge in [0.2, 0.25) is 5.91 Å². The molecule has 1 N–H and O–H groups in total. The van der Waals surface area contributed by atoms with Gasteiger partial charge >= 0.3 is 0 Å². The quantitative estimate of drug-likeness (QED) is 0.279. The van der Waals surface area contributed by atoms with Gasteiger partial charge in [0.25, 0.3) is 0 Å². The fraction of sp³-hybridized carbons (Fsp3) is 0.559. The molecule has 5 unspecified atom stereocenters. The van der Waals surface area contributed by atoms with Gasteiger partial charge in [-0.05, 0) is 85.4 Å². The average molecular weight is 583 g/mol. The zero-order valence-corrected chi connectivity index (χ0v) is 26.1. The van der Waals surface area contributed by atoms with E-state index in [2.05, 4.69) is 42.2 Å². The Labute approximate surface area is 251 Å². The smallest absolute Gasteiger partial charge is 0.219 e. The molecule has 0 spiro atoms. The highest BCUT2D eigenvalue weighted by Gasteiger charge is 2.39. The molecule has 41 heavy (non-hydrogen) atoms. The molecule has 2 aromatic carbocycles. The Morgan fingerprint density at radius 1 is 1.24 bits per heavy atom. The molecule has 1 heterocycles. The number of hydrogen-bond donors (Lipinski definition) is 1. The Morgan fingerprint density at radius 2 is 2.05 bits per heavy atom. The van der Waals surface area contributed by atoms with E-state index in [1.165, 1.54) is 11.1 Å². The first kappa shape index (κ1) is 31.4. The normalized spacial score (nSPS) is 21.9. The number of aliphatic hydroxyl groups excluding tert-OH is 1. The van der Waals surface area contributed by atoms with Crippen LogP contribution in [0.4, 0.5) is 5.69 Å². The molecule has 224 valence electrons. The third-order valence-electron chi connectivity index (χ3n) is 8.91. The first-order chi connectivity index (χ1) is 19.7. The molecule has 0 saturated heterocycles.